The van der Waals surface area contributed by atoms with Gasteiger partial charge in [-0.25, -0.2) is 0 Å². The first-order chi connectivity index (χ1) is 12.6. The van der Waals surface area contributed by atoms with Gasteiger partial charge in [0.05, 0.1) is 0 Å². The minimum absolute atomic E-state index is 0.0319. The average molecular weight is 354 g/mol. The molecule has 0 radical (unpaired) electrons. The standard InChI is InChI=1S/C19H22N4O3/c1-13-20-18(26-21-13)14-8-11-22(12-9-14)19(25)15-4-6-16(7-5-15)23-10-2-3-17(23)24/h4-7,14H,2-3,8-12H2,1H3. The predicted molar refractivity (Wildman–Crippen MR) is 94.9 cm³/mol. The molecule has 7 nitrogen and oxygen atoms in total. The lowest BCUT2D eigenvalue weighted by molar-refractivity contribution is -0.117. The summed E-state index contributed by atoms with van der Waals surface area (Å²) in [6.07, 6.45) is 3.16. The molecule has 2 saturated heterocycles. The van der Waals surface area contributed by atoms with Crippen molar-refractivity contribution in [1.29, 1.82) is 0 Å². The minimum atomic E-state index is 0.0319. The van der Waals surface area contributed by atoms with Gasteiger partial charge in [0, 0.05) is 43.2 Å². The number of nitrogens with zero attached hydrogens (tertiary/aromatic N) is 4. The minimum Gasteiger partial charge on any atom is -0.339 e. The van der Waals surface area contributed by atoms with E-state index in [0.717, 1.165) is 31.5 Å². The summed E-state index contributed by atoms with van der Waals surface area (Å²) in [5.41, 5.74) is 1.53. The van der Waals surface area contributed by atoms with Crippen molar-refractivity contribution in [2.24, 2.45) is 0 Å². The number of rotatable bonds is 3. The van der Waals surface area contributed by atoms with Gasteiger partial charge in [0.1, 0.15) is 0 Å². The second kappa shape index (κ2) is 6.90. The number of hydrogen-bond donors (Lipinski definition) is 0. The molecule has 1 aromatic heterocycles. The summed E-state index contributed by atoms with van der Waals surface area (Å²) in [7, 11) is 0. The van der Waals surface area contributed by atoms with Crippen LogP contribution in [0.2, 0.25) is 0 Å². The van der Waals surface area contributed by atoms with Gasteiger partial charge in [-0.2, -0.15) is 4.98 Å². The zero-order chi connectivity index (χ0) is 18.1. The highest BCUT2D eigenvalue weighted by Crippen LogP contribution is 2.28. The van der Waals surface area contributed by atoms with Gasteiger partial charge in [0.15, 0.2) is 5.82 Å². The van der Waals surface area contributed by atoms with Crippen LogP contribution >= 0.6 is 0 Å². The Balaban J connectivity index is 1.38. The summed E-state index contributed by atoms with van der Waals surface area (Å²) < 4.78 is 5.26. The normalized spacial score (nSPS) is 18.6. The van der Waals surface area contributed by atoms with Crippen molar-refractivity contribution < 1.29 is 14.1 Å². The Morgan fingerprint density at radius 1 is 1.15 bits per heavy atom. The van der Waals surface area contributed by atoms with Crippen molar-refractivity contribution in [2.75, 3.05) is 24.5 Å². The van der Waals surface area contributed by atoms with E-state index >= 15 is 0 Å². The molecule has 2 aliphatic heterocycles. The molecule has 2 aliphatic rings. The third kappa shape index (κ3) is 3.21. The molecule has 0 N–H and O–H groups in total. The Bertz CT molecular complexity index is 806. The van der Waals surface area contributed by atoms with E-state index in [0.29, 0.717) is 36.8 Å². The van der Waals surface area contributed by atoms with Crippen molar-refractivity contribution in [3.63, 3.8) is 0 Å². The molecule has 136 valence electrons. The third-order valence-corrected chi connectivity index (χ3v) is 5.17. The summed E-state index contributed by atoms with van der Waals surface area (Å²) >= 11 is 0. The molecular weight excluding hydrogens is 332 g/mol. The molecule has 1 aromatic carbocycles. The number of aromatic nitrogens is 2. The molecule has 0 spiro atoms. The van der Waals surface area contributed by atoms with Gasteiger partial charge < -0.3 is 14.3 Å². The van der Waals surface area contributed by atoms with Crippen molar-refractivity contribution in [1.82, 2.24) is 15.0 Å². The van der Waals surface area contributed by atoms with Crippen LogP contribution in [0, 0.1) is 6.92 Å². The van der Waals surface area contributed by atoms with Crippen LogP contribution in [0.5, 0.6) is 0 Å². The van der Waals surface area contributed by atoms with E-state index in [2.05, 4.69) is 10.1 Å². The maximum Gasteiger partial charge on any atom is 0.253 e. The quantitative estimate of drug-likeness (QED) is 0.846. The van der Waals surface area contributed by atoms with Crippen molar-refractivity contribution in [3.8, 4) is 0 Å². The van der Waals surface area contributed by atoms with Gasteiger partial charge in [-0.15, -0.1) is 0 Å². The zero-order valence-electron chi connectivity index (χ0n) is 14.9. The molecule has 3 heterocycles. The number of benzene rings is 1. The fourth-order valence-electron chi connectivity index (χ4n) is 3.70. The third-order valence-electron chi connectivity index (χ3n) is 5.17. The summed E-state index contributed by atoms with van der Waals surface area (Å²) in [5, 5.41) is 3.85. The van der Waals surface area contributed by atoms with Gasteiger partial charge >= 0.3 is 0 Å². The van der Waals surface area contributed by atoms with Crippen LogP contribution in [-0.2, 0) is 4.79 Å². The van der Waals surface area contributed by atoms with Crippen LogP contribution in [0.25, 0.3) is 0 Å². The van der Waals surface area contributed by atoms with Crippen molar-refractivity contribution >= 4 is 17.5 Å². The number of likely N-dealkylation sites (tertiary alicyclic amines) is 1. The fourth-order valence-corrected chi connectivity index (χ4v) is 3.70. The van der Waals surface area contributed by atoms with Gasteiger partial charge in [0.25, 0.3) is 5.91 Å². The Morgan fingerprint density at radius 2 is 1.88 bits per heavy atom. The first-order valence-corrected chi connectivity index (χ1v) is 9.12. The molecule has 26 heavy (non-hydrogen) atoms. The molecule has 0 atom stereocenters. The molecule has 0 unspecified atom stereocenters. The number of carbonyl (C=O) groups is 2. The first-order valence-electron chi connectivity index (χ1n) is 9.12. The zero-order valence-corrected chi connectivity index (χ0v) is 14.9. The monoisotopic (exact) mass is 354 g/mol. The lowest BCUT2D eigenvalue weighted by Gasteiger charge is -2.30. The van der Waals surface area contributed by atoms with Crippen molar-refractivity contribution in [3.05, 3.63) is 41.5 Å². The Hall–Kier alpha value is -2.70. The maximum atomic E-state index is 12.7. The van der Waals surface area contributed by atoms with Crippen LogP contribution in [0.3, 0.4) is 0 Å². The number of carbonyl (C=O) groups excluding carboxylic acids is 2. The Kier molecular flexibility index (Phi) is 4.44. The first kappa shape index (κ1) is 16.8. The molecule has 0 saturated carbocycles. The van der Waals surface area contributed by atoms with Crippen molar-refractivity contribution in [2.45, 2.75) is 38.5 Å². The number of anilines is 1. The number of aryl methyl sites for hydroxylation is 1. The summed E-state index contributed by atoms with van der Waals surface area (Å²) in [4.78, 5) is 32.5. The summed E-state index contributed by atoms with van der Waals surface area (Å²) in [6.45, 7) is 3.92. The highest BCUT2D eigenvalue weighted by atomic mass is 16.5. The van der Waals surface area contributed by atoms with E-state index in [9.17, 15) is 9.59 Å². The molecule has 0 bridgehead atoms. The SMILES string of the molecule is Cc1noc(C2CCN(C(=O)c3ccc(N4CCCC4=O)cc3)CC2)n1. The van der Waals surface area contributed by atoms with Crippen LogP contribution in [0.4, 0.5) is 5.69 Å². The topological polar surface area (TPSA) is 79.5 Å². The number of piperidine rings is 1. The number of hydrogen-bond acceptors (Lipinski definition) is 5. The Morgan fingerprint density at radius 3 is 2.46 bits per heavy atom. The van der Waals surface area contributed by atoms with Gasteiger partial charge in [-0.3, -0.25) is 9.59 Å². The molecule has 0 aliphatic carbocycles. The second-order valence-electron chi connectivity index (χ2n) is 6.94. The summed E-state index contributed by atoms with van der Waals surface area (Å²) in [6, 6.07) is 7.36. The maximum absolute atomic E-state index is 12.7. The van der Waals surface area contributed by atoms with E-state index in [-0.39, 0.29) is 17.7 Å². The van der Waals surface area contributed by atoms with E-state index in [1.165, 1.54) is 0 Å². The van der Waals surface area contributed by atoms with E-state index in [1.54, 1.807) is 4.90 Å². The van der Waals surface area contributed by atoms with Gasteiger partial charge in [-0.05, 0) is 50.5 Å². The van der Waals surface area contributed by atoms with Crippen LogP contribution in [0.1, 0.15) is 53.7 Å². The summed E-state index contributed by atoms with van der Waals surface area (Å²) in [5.74, 6) is 1.74. The molecule has 4 rings (SSSR count). The van der Waals surface area contributed by atoms with Crippen LogP contribution in [-0.4, -0.2) is 46.5 Å². The highest BCUT2D eigenvalue weighted by molar-refractivity contribution is 5.97. The second-order valence-corrected chi connectivity index (χ2v) is 6.94. The number of amides is 2. The molecule has 2 amide bonds. The lowest BCUT2D eigenvalue weighted by Crippen LogP contribution is -2.38. The van der Waals surface area contributed by atoms with Gasteiger partial charge in [-0.1, -0.05) is 5.16 Å². The fraction of sp³-hybridized carbons (Fsp3) is 0.474. The van der Waals surface area contributed by atoms with E-state index in [4.69, 9.17) is 4.52 Å². The Labute approximate surface area is 152 Å². The van der Waals surface area contributed by atoms with Crippen LogP contribution < -0.4 is 4.90 Å². The smallest absolute Gasteiger partial charge is 0.253 e. The van der Waals surface area contributed by atoms with E-state index in [1.807, 2.05) is 36.1 Å². The van der Waals surface area contributed by atoms with E-state index < -0.39 is 0 Å². The molecule has 2 fully saturated rings. The average Bonchev–Trinajstić information content (AvgIpc) is 3.30. The molecule has 7 heteroatoms. The lowest BCUT2D eigenvalue weighted by atomic mass is 9.96. The van der Waals surface area contributed by atoms with Gasteiger partial charge in [0.2, 0.25) is 11.8 Å². The largest absolute Gasteiger partial charge is 0.339 e. The molecular formula is C19H22N4O3. The highest BCUT2D eigenvalue weighted by Gasteiger charge is 2.28. The predicted octanol–water partition coefficient (Wildman–Crippen LogP) is 2.52. The van der Waals surface area contributed by atoms with Crippen LogP contribution in [0.15, 0.2) is 28.8 Å². The molecule has 2 aromatic rings.